The fraction of sp³-hybridized carbons (Fsp3) is 0.267. The second-order valence-corrected chi connectivity index (χ2v) is 13.9. The zero-order valence-electron chi connectivity index (χ0n) is 29.9. The van der Waals surface area contributed by atoms with E-state index in [-0.39, 0.29) is 12.1 Å². The third-order valence-corrected chi connectivity index (χ3v) is 10.5. The number of rotatable bonds is 9. The smallest absolute Gasteiger partial charge is 0.317 e. The van der Waals surface area contributed by atoms with Gasteiger partial charge < -0.3 is 10.2 Å². The quantitative estimate of drug-likeness (QED) is 0.118. The first-order valence-corrected chi connectivity index (χ1v) is 18.3. The average Bonchev–Trinajstić information content (AvgIpc) is 3.49. The van der Waals surface area contributed by atoms with Gasteiger partial charge in [-0.25, -0.2) is 4.79 Å². The molecule has 1 aliphatic carbocycles. The Balaban J connectivity index is 1.30. The number of urea groups is 1. The molecule has 6 heteroatoms. The normalized spacial score (nSPS) is 13.8. The second-order valence-electron chi connectivity index (χ2n) is 13.9. The van der Waals surface area contributed by atoms with Crippen LogP contribution in [0, 0.1) is 20.8 Å². The molecule has 0 radical (unpaired) electrons. The Hall–Kier alpha value is -5.49. The highest BCUT2D eigenvalue weighted by atomic mass is 16.2. The molecule has 2 heterocycles. The van der Waals surface area contributed by atoms with E-state index < -0.39 is 5.41 Å². The van der Waals surface area contributed by atoms with E-state index >= 15 is 0 Å². The fourth-order valence-corrected chi connectivity index (χ4v) is 8.17. The fourth-order valence-electron chi connectivity index (χ4n) is 8.17. The summed E-state index contributed by atoms with van der Waals surface area (Å²) in [6, 6.07) is 42.8. The molecule has 0 aliphatic heterocycles. The molecule has 0 unspecified atom stereocenters. The third kappa shape index (κ3) is 6.96. The minimum atomic E-state index is -0.633. The SMILES string of the molecule is Cc1cc(C)c(NC(=O)N(Cc2cccc(-c3n[nH]cc3C(c3ccccc3)(c3ccccc3)c3ccccc3)c2)C2CCCCCC2)c(C)n1. The molecule has 2 aromatic heterocycles. The molecule has 258 valence electrons. The van der Waals surface area contributed by atoms with Crippen molar-refractivity contribution in [2.24, 2.45) is 0 Å². The molecule has 2 amide bonds. The van der Waals surface area contributed by atoms with Gasteiger partial charge in [0.15, 0.2) is 0 Å². The van der Waals surface area contributed by atoms with Gasteiger partial charge in [-0.2, -0.15) is 5.10 Å². The second kappa shape index (κ2) is 15.2. The van der Waals surface area contributed by atoms with E-state index in [1.165, 1.54) is 12.8 Å². The Bertz CT molecular complexity index is 1940. The van der Waals surface area contributed by atoms with Crippen molar-refractivity contribution in [3.05, 3.63) is 172 Å². The third-order valence-electron chi connectivity index (χ3n) is 10.5. The first kappa shape index (κ1) is 34.0. The number of carbonyl (C=O) groups is 1. The zero-order chi connectivity index (χ0) is 35.2. The number of aryl methyl sites for hydroxylation is 3. The van der Waals surface area contributed by atoms with Crippen molar-refractivity contribution < 1.29 is 4.79 Å². The Morgan fingerprint density at radius 2 is 1.35 bits per heavy atom. The van der Waals surface area contributed by atoms with Crippen LogP contribution in [0.25, 0.3) is 11.3 Å². The molecular formula is C45H47N5O. The monoisotopic (exact) mass is 673 g/mol. The summed E-state index contributed by atoms with van der Waals surface area (Å²) in [6.45, 7) is 6.50. The van der Waals surface area contributed by atoms with E-state index in [9.17, 15) is 4.79 Å². The van der Waals surface area contributed by atoms with Gasteiger partial charge in [-0.3, -0.25) is 10.1 Å². The maximum atomic E-state index is 14.3. The summed E-state index contributed by atoms with van der Waals surface area (Å²) in [5, 5.41) is 11.5. The highest BCUT2D eigenvalue weighted by Crippen LogP contribution is 2.47. The minimum absolute atomic E-state index is 0.0686. The summed E-state index contributed by atoms with van der Waals surface area (Å²) in [5.74, 6) is 0. The number of anilines is 1. The van der Waals surface area contributed by atoms with Gasteiger partial charge in [-0.05, 0) is 73.6 Å². The maximum Gasteiger partial charge on any atom is 0.322 e. The number of carbonyl (C=O) groups excluding carboxylic acids is 1. The number of benzene rings is 4. The largest absolute Gasteiger partial charge is 0.322 e. The summed E-state index contributed by atoms with van der Waals surface area (Å²) < 4.78 is 0. The minimum Gasteiger partial charge on any atom is -0.317 e. The van der Waals surface area contributed by atoms with E-state index in [2.05, 4.69) is 142 Å². The van der Waals surface area contributed by atoms with E-state index in [1.807, 2.05) is 26.8 Å². The van der Waals surface area contributed by atoms with E-state index in [0.29, 0.717) is 6.54 Å². The van der Waals surface area contributed by atoms with Crippen LogP contribution in [0.5, 0.6) is 0 Å². The van der Waals surface area contributed by atoms with Crippen molar-refractivity contribution >= 4 is 11.7 Å². The molecule has 1 fully saturated rings. The lowest BCUT2D eigenvalue weighted by Gasteiger charge is -2.36. The number of hydrogen-bond acceptors (Lipinski definition) is 3. The molecule has 0 atom stereocenters. The molecule has 1 aliphatic rings. The molecule has 51 heavy (non-hydrogen) atoms. The van der Waals surface area contributed by atoms with Crippen LogP contribution in [0.2, 0.25) is 0 Å². The van der Waals surface area contributed by atoms with Crippen LogP contribution in [-0.4, -0.2) is 32.2 Å². The van der Waals surface area contributed by atoms with Crippen LogP contribution in [0.3, 0.4) is 0 Å². The lowest BCUT2D eigenvalue weighted by Crippen LogP contribution is -2.42. The van der Waals surface area contributed by atoms with Crippen molar-refractivity contribution in [1.29, 1.82) is 0 Å². The first-order valence-electron chi connectivity index (χ1n) is 18.3. The lowest BCUT2D eigenvalue weighted by atomic mass is 9.65. The van der Waals surface area contributed by atoms with Crippen molar-refractivity contribution in [3.63, 3.8) is 0 Å². The highest BCUT2D eigenvalue weighted by molar-refractivity contribution is 5.91. The van der Waals surface area contributed by atoms with Crippen molar-refractivity contribution in [2.45, 2.75) is 77.3 Å². The van der Waals surface area contributed by atoms with Gasteiger partial charge >= 0.3 is 6.03 Å². The predicted molar refractivity (Wildman–Crippen MR) is 207 cm³/mol. The van der Waals surface area contributed by atoms with Crippen molar-refractivity contribution in [2.75, 3.05) is 5.32 Å². The van der Waals surface area contributed by atoms with Gasteiger partial charge in [0.2, 0.25) is 0 Å². The Labute approximate surface area is 302 Å². The van der Waals surface area contributed by atoms with Gasteiger partial charge in [-0.15, -0.1) is 0 Å². The average molecular weight is 674 g/mol. The van der Waals surface area contributed by atoms with Crippen LogP contribution >= 0.6 is 0 Å². The molecule has 2 N–H and O–H groups in total. The Morgan fingerprint density at radius 1 is 0.765 bits per heavy atom. The van der Waals surface area contributed by atoms with Crippen LogP contribution in [0.1, 0.15) is 83.3 Å². The van der Waals surface area contributed by atoms with Gasteiger partial charge in [-0.1, -0.05) is 135 Å². The lowest BCUT2D eigenvalue weighted by molar-refractivity contribution is 0.175. The summed E-state index contributed by atoms with van der Waals surface area (Å²) in [4.78, 5) is 21.0. The van der Waals surface area contributed by atoms with Crippen molar-refractivity contribution in [3.8, 4) is 11.3 Å². The number of aromatic amines is 1. The number of pyridine rings is 1. The molecule has 0 saturated heterocycles. The van der Waals surface area contributed by atoms with Crippen LogP contribution in [0.15, 0.2) is 128 Å². The standard InChI is InChI=1S/C45H47N5O/c1-32-28-33(2)47-34(3)42(32)48-44(51)50(40-26-15-4-5-16-27-40)31-35-18-17-19-36(29-35)43-41(30-46-49-43)45(37-20-9-6-10-21-37,38-22-11-7-12-23-38)39-24-13-8-14-25-39/h6-14,17-25,28-30,40H,4-5,15-16,26-27,31H2,1-3H3,(H,46,49)(H,48,51). The number of hydrogen-bond donors (Lipinski definition) is 2. The number of nitrogens with one attached hydrogen (secondary N) is 2. The molecule has 7 rings (SSSR count). The summed E-state index contributed by atoms with van der Waals surface area (Å²) in [7, 11) is 0. The summed E-state index contributed by atoms with van der Waals surface area (Å²) in [6.07, 6.45) is 8.78. The summed E-state index contributed by atoms with van der Waals surface area (Å²) >= 11 is 0. The Morgan fingerprint density at radius 3 is 1.92 bits per heavy atom. The van der Waals surface area contributed by atoms with E-state index in [1.54, 1.807) is 0 Å². The number of aromatic nitrogens is 3. The van der Waals surface area contributed by atoms with E-state index in [4.69, 9.17) is 5.10 Å². The van der Waals surface area contributed by atoms with Gasteiger partial charge in [0.05, 0.1) is 22.5 Å². The van der Waals surface area contributed by atoms with Crippen LogP contribution in [-0.2, 0) is 12.0 Å². The van der Waals surface area contributed by atoms with Crippen molar-refractivity contribution in [1.82, 2.24) is 20.1 Å². The predicted octanol–water partition coefficient (Wildman–Crippen LogP) is 10.5. The zero-order valence-corrected chi connectivity index (χ0v) is 29.9. The van der Waals surface area contributed by atoms with Gasteiger partial charge in [0, 0.05) is 35.6 Å². The van der Waals surface area contributed by atoms with Crippen LogP contribution in [0.4, 0.5) is 10.5 Å². The number of amides is 2. The number of nitrogens with zero attached hydrogens (tertiary/aromatic N) is 3. The molecule has 1 saturated carbocycles. The highest BCUT2D eigenvalue weighted by Gasteiger charge is 2.41. The van der Waals surface area contributed by atoms with Gasteiger partial charge in [0.25, 0.3) is 0 Å². The molecule has 0 bridgehead atoms. The molecule has 6 aromatic rings. The summed E-state index contributed by atoms with van der Waals surface area (Å²) in [5.41, 5.74) is 10.5. The maximum absolute atomic E-state index is 14.3. The topological polar surface area (TPSA) is 73.9 Å². The molecular weight excluding hydrogens is 627 g/mol. The van der Waals surface area contributed by atoms with Crippen LogP contribution < -0.4 is 5.32 Å². The first-order chi connectivity index (χ1) is 24.9. The molecule has 6 nitrogen and oxygen atoms in total. The van der Waals surface area contributed by atoms with E-state index in [0.717, 1.165) is 87.4 Å². The Kier molecular flexibility index (Phi) is 10.1. The molecule has 0 spiro atoms. The number of H-pyrrole nitrogens is 1. The molecule has 4 aromatic carbocycles. The van der Waals surface area contributed by atoms with Gasteiger partial charge in [0.1, 0.15) is 0 Å².